The minimum atomic E-state index is -0.0842. The van der Waals surface area contributed by atoms with Gasteiger partial charge in [-0.2, -0.15) is 0 Å². The molecule has 0 aliphatic carbocycles. The average molecular weight is 497 g/mol. The molecular weight excluding hydrogens is 468 g/mol. The third-order valence-corrected chi connectivity index (χ3v) is 11.8. The summed E-state index contributed by atoms with van der Waals surface area (Å²) in [4.78, 5) is 5.29. The van der Waals surface area contributed by atoms with E-state index in [4.69, 9.17) is 9.47 Å². The summed E-state index contributed by atoms with van der Waals surface area (Å²) in [5.41, 5.74) is 0. The largest absolute Gasteiger partial charge is 0.447 e. The lowest BCUT2D eigenvalue weighted by Crippen LogP contribution is -2.33. The lowest BCUT2D eigenvalue weighted by molar-refractivity contribution is 0.451. The minimum absolute atomic E-state index is 0.0700. The molecule has 4 aromatic carbocycles. The van der Waals surface area contributed by atoms with E-state index in [1.165, 1.54) is 19.6 Å². The van der Waals surface area contributed by atoms with E-state index in [1.807, 2.05) is 6.08 Å². The number of allylic oxidation sites excluding steroid dienone is 1. The summed E-state index contributed by atoms with van der Waals surface area (Å²) >= 11 is 0. The first-order valence-corrected chi connectivity index (χ1v) is 14.8. The van der Waals surface area contributed by atoms with Crippen molar-refractivity contribution in [3.63, 3.8) is 0 Å². The van der Waals surface area contributed by atoms with Crippen LogP contribution in [0.15, 0.2) is 129 Å². The summed E-state index contributed by atoms with van der Waals surface area (Å²) < 4.78 is 12.7. The van der Waals surface area contributed by atoms with Gasteiger partial charge in [0.05, 0.1) is 21.8 Å². The van der Waals surface area contributed by atoms with Crippen molar-refractivity contribution in [1.82, 2.24) is 0 Å². The smallest absolute Gasteiger partial charge is 0.203 e. The number of ether oxygens (including phenoxy) is 2. The Morgan fingerprint density at radius 1 is 0.629 bits per heavy atom. The molecule has 0 spiro atoms. The number of hydrogen-bond donors (Lipinski definition) is 0. The zero-order valence-corrected chi connectivity index (χ0v) is 21.2. The van der Waals surface area contributed by atoms with Gasteiger partial charge >= 0.3 is 0 Å². The highest BCUT2D eigenvalue weighted by molar-refractivity contribution is 8.01. The summed E-state index contributed by atoms with van der Waals surface area (Å²) in [5.74, 6) is 5.07. The van der Waals surface area contributed by atoms with E-state index >= 15 is 0 Å². The third kappa shape index (κ3) is 4.26. The van der Waals surface area contributed by atoms with Crippen LogP contribution >= 0.6 is 0 Å². The molecule has 0 saturated heterocycles. The van der Waals surface area contributed by atoms with E-state index in [1.54, 1.807) is 0 Å². The average Bonchev–Trinajstić information content (AvgIpc) is 2.91. The van der Waals surface area contributed by atoms with Gasteiger partial charge in [0, 0.05) is 6.42 Å². The molecule has 0 amide bonds. The van der Waals surface area contributed by atoms with Crippen LogP contribution in [0.3, 0.4) is 0 Å². The first-order chi connectivity index (χ1) is 17.3. The van der Waals surface area contributed by atoms with E-state index < -0.39 is 0 Å². The maximum absolute atomic E-state index is 6.36. The second kappa shape index (κ2) is 9.88. The predicted octanol–water partition coefficient (Wildman–Crippen LogP) is 8.40. The standard InChI is InChI=1S/C31H28O2S2/c1-2-3-4-13-23(35-30-20-11-7-16-26(30)33-27-17-8-12-21-31(27)35)22-34-28-18-9-5-14-24(28)32-25-15-6-10-19-29(25)34/h2,5-12,14-21,23H,1,3-4,13,22H2/q+2. The third-order valence-electron chi connectivity index (χ3n) is 6.46. The topological polar surface area (TPSA) is 18.5 Å². The highest BCUT2D eigenvalue weighted by atomic mass is 32.2. The predicted molar refractivity (Wildman–Crippen MR) is 146 cm³/mol. The molecule has 2 aliphatic rings. The molecule has 1 atom stereocenters. The first kappa shape index (κ1) is 22.4. The van der Waals surface area contributed by atoms with Gasteiger partial charge in [0.15, 0.2) is 34.0 Å². The molecule has 0 radical (unpaired) electrons. The van der Waals surface area contributed by atoms with Crippen LogP contribution < -0.4 is 9.47 Å². The van der Waals surface area contributed by atoms with Crippen LogP contribution in [0, 0.1) is 0 Å². The van der Waals surface area contributed by atoms with Crippen LogP contribution in [0.2, 0.25) is 0 Å². The lowest BCUT2D eigenvalue weighted by Gasteiger charge is -2.26. The molecule has 2 aliphatic heterocycles. The van der Waals surface area contributed by atoms with E-state index in [0.29, 0.717) is 5.25 Å². The van der Waals surface area contributed by atoms with Crippen LogP contribution in [0.5, 0.6) is 23.0 Å². The Bertz CT molecular complexity index is 1270. The quantitative estimate of drug-likeness (QED) is 0.145. The van der Waals surface area contributed by atoms with Gasteiger partial charge in [-0.05, 0) is 61.4 Å². The molecule has 0 aromatic heterocycles. The van der Waals surface area contributed by atoms with Gasteiger partial charge in [-0.3, -0.25) is 0 Å². The van der Waals surface area contributed by atoms with Gasteiger partial charge in [0.25, 0.3) is 0 Å². The van der Waals surface area contributed by atoms with Crippen LogP contribution in [0.1, 0.15) is 19.3 Å². The van der Waals surface area contributed by atoms with E-state index in [2.05, 4.69) is 104 Å². The van der Waals surface area contributed by atoms with Crippen LogP contribution in [0.25, 0.3) is 0 Å². The Morgan fingerprint density at radius 2 is 1.06 bits per heavy atom. The van der Waals surface area contributed by atoms with Crippen LogP contribution in [0.4, 0.5) is 0 Å². The number of rotatable bonds is 7. The molecular formula is C31H28O2S2+2. The van der Waals surface area contributed by atoms with Gasteiger partial charge in [0.2, 0.25) is 19.6 Å². The Hall–Kier alpha value is -3.08. The number of hydrogen-bond acceptors (Lipinski definition) is 2. The molecule has 0 fully saturated rings. The maximum atomic E-state index is 6.36. The molecule has 0 N–H and O–H groups in total. The van der Waals surface area contributed by atoms with Crippen molar-refractivity contribution >= 4 is 21.8 Å². The van der Waals surface area contributed by atoms with Crippen molar-refractivity contribution < 1.29 is 9.47 Å². The molecule has 6 rings (SSSR count). The Balaban J connectivity index is 1.46. The molecule has 4 aromatic rings. The summed E-state index contributed by atoms with van der Waals surface area (Å²) in [6.07, 6.45) is 5.37. The van der Waals surface area contributed by atoms with Crippen molar-refractivity contribution in [3.8, 4) is 23.0 Å². The van der Waals surface area contributed by atoms with Crippen LogP contribution in [-0.2, 0) is 21.8 Å². The van der Waals surface area contributed by atoms with Gasteiger partial charge in [-0.1, -0.05) is 54.6 Å². The van der Waals surface area contributed by atoms with Crippen molar-refractivity contribution in [2.24, 2.45) is 0 Å². The van der Waals surface area contributed by atoms with Gasteiger partial charge in [-0.25, -0.2) is 0 Å². The molecule has 35 heavy (non-hydrogen) atoms. The lowest BCUT2D eigenvalue weighted by atomic mass is 10.2. The molecule has 2 nitrogen and oxygen atoms in total. The highest BCUT2D eigenvalue weighted by Crippen LogP contribution is 2.49. The monoisotopic (exact) mass is 496 g/mol. The van der Waals surface area contributed by atoms with Crippen molar-refractivity contribution in [3.05, 3.63) is 110 Å². The number of para-hydroxylation sites is 4. The first-order valence-electron chi connectivity index (χ1n) is 12.1. The zero-order chi connectivity index (χ0) is 23.6. The fourth-order valence-electron chi connectivity index (χ4n) is 4.87. The van der Waals surface area contributed by atoms with Crippen LogP contribution in [-0.4, -0.2) is 11.0 Å². The van der Waals surface area contributed by atoms with Gasteiger partial charge in [0.1, 0.15) is 0 Å². The van der Waals surface area contributed by atoms with E-state index in [0.717, 1.165) is 48.0 Å². The molecule has 2 heterocycles. The summed E-state index contributed by atoms with van der Waals surface area (Å²) in [5, 5.41) is 0.476. The molecule has 1 unspecified atom stereocenters. The summed E-state index contributed by atoms with van der Waals surface area (Å²) in [6, 6.07) is 34.4. The second-order valence-electron chi connectivity index (χ2n) is 8.73. The fourth-order valence-corrected chi connectivity index (χ4v) is 10.6. The summed E-state index contributed by atoms with van der Waals surface area (Å²) in [7, 11) is -0.154. The van der Waals surface area contributed by atoms with Crippen molar-refractivity contribution in [1.29, 1.82) is 0 Å². The summed E-state index contributed by atoms with van der Waals surface area (Å²) in [6.45, 7) is 3.98. The Kier molecular flexibility index (Phi) is 6.32. The number of unbranched alkanes of at least 4 members (excludes halogenated alkanes) is 1. The Labute approximate surface area is 213 Å². The van der Waals surface area contributed by atoms with Crippen molar-refractivity contribution in [2.75, 3.05) is 5.75 Å². The fraction of sp³-hybridized carbons (Fsp3) is 0.161. The zero-order valence-electron chi connectivity index (χ0n) is 19.6. The number of fused-ring (bicyclic) bond motifs is 4. The highest BCUT2D eigenvalue weighted by Gasteiger charge is 2.49. The minimum Gasteiger partial charge on any atom is -0.447 e. The molecule has 0 saturated carbocycles. The Morgan fingerprint density at radius 3 is 1.54 bits per heavy atom. The van der Waals surface area contributed by atoms with E-state index in [-0.39, 0.29) is 21.8 Å². The second-order valence-corrected chi connectivity index (χ2v) is 12.9. The van der Waals surface area contributed by atoms with Crippen molar-refractivity contribution in [2.45, 2.75) is 44.1 Å². The van der Waals surface area contributed by atoms with Gasteiger partial charge in [-0.15, -0.1) is 6.58 Å². The molecule has 4 heteroatoms. The number of benzene rings is 4. The normalized spacial score (nSPS) is 15.0. The van der Waals surface area contributed by atoms with E-state index in [9.17, 15) is 0 Å². The maximum Gasteiger partial charge on any atom is 0.203 e. The molecule has 0 bridgehead atoms. The van der Waals surface area contributed by atoms with Gasteiger partial charge < -0.3 is 9.47 Å². The molecule has 174 valence electrons. The SMILES string of the molecule is C=CCCCC(C[S+]1c2ccccc2Oc2ccccc21)[S+]1c2ccccc2Oc2ccccc21.